The molecule has 1 fully saturated rings. The van der Waals surface area contributed by atoms with E-state index in [-0.39, 0.29) is 30.9 Å². The van der Waals surface area contributed by atoms with Crippen LogP contribution in [-0.4, -0.2) is 42.7 Å². The number of benzene rings is 1. The van der Waals surface area contributed by atoms with Crippen molar-refractivity contribution in [3.05, 3.63) is 29.8 Å². The SMILES string of the molecule is CC(=O)c1ccc(N2C(=O)COCC2CO)cc1. The summed E-state index contributed by atoms with van der Waals surface area (Å²) < 4.78 is 5.09. The lowest BCUT2D eigenvalue weighted by Crippen LogP contribution is -2.51. The maximum Gasteiger partial charge on any atom is 0.253 e. The molecule has 0 radical (unpaired) electrons. The van der Waals surface area contributed by atoms with Gasteiger partial charge in [0.05, 0.1) is 19.3 Å². The van der Waals surface area contributed by atoms with E-state index in [9.17, 15) is 14.7 Å². The predicted octanol–water partition coefficient (Wildman–Crippen LogP) is 0.613. The summed E-state index contributed by atoms with van der Waals surface area (Å²) in [5, 5.41) is 9.26. The fourth-order valence-electron chi connectivity index (χ4n) is 1.98. The molecule has 0 bridgehead atoms. The number of aliphatic hydroxyl groups is 1. The Bertz CT molecular complexity index is 455. The maximum atomic E-state index is 11.8. The Kier molecular flexibility index (Phi) is 3.74. The van der Waals surface area contributed by atoms with Gasteiger partial charge in [-0.2, -0.15) is 0 Å². The third-order valence-corrected chi connectivity index (χ3v) is 2.93. The number of ether oxygens (including phenoxy) is 1. The molecule has 1 aliphatic rings. The van der Waals surface area contributed by atoms with Gasteiger partial charge in [0.1, 0.15) is 6.61 Å². The molecular weight excluding hydrogens is 234 g/mol. The summed E-state index contributed by atoms with van der Waals surface area (Å²) >= 11 is 0. The minimum absolute atomic E-state index is 0.0188. The fraction of sp³-hybridized carbons (Fsp3) is 0.385. The number of morpholine rings is 1. The zero-order chi connectivity index (χ0) is 13.1. The zero-order valence-corrected chi connectivity index (χ0v) is 10.1. The second kappa shape index (κ2) is 5.29. The quantitative estimate of drug-likeness (QED) is 0.797. The average molecular weight is 249 g/mol. The van der Waals surface area contributed by atoms with Gasteiger partial charge < -0.3 is 14.7 Å². The smallest absolute Gasteiger partial charge is 0.253 e. The van der Waals surface area contributed by atoms with Gasteiger partial charge in [0.25, 0.3) is 5.91 Å². The Labute approximate surface area is 105 Å². The Morgan fingerprint density at radius 1 is 1.44 bits per heavy atom. The number of ketones is 1. The molecule has 0 saturated carbocycles. The van der Waals surface area contributed by atoms with Gasteiger partial charge in [0.15, 0.2) is 5.78 Å². The van der Waals surface area contributed by atoms with Gasteiger partial charge in [0.2, 0.25) is 0 Å². The molecular formula is C13H15NO4. The van der Waals surface area contributed by atoms with E-state index in [0.717, 1.165) is 0 Å². The first-order valence-corrected chi connectivity index (χ1v) is 5.75. The third-order valence-electron chi connectivity index (χ3n) is 2.93. The molecule has 1 atom stereocenters. The summed E-state index contributed by atoms with van der Waals surface area (Å²) in [5.41, 5.74) is 1.27. The molecule has 1 saturated heterocycles. The van der Waals surface area contributed by atoms with Crippen molar-refractivity contribution in [2.24, 2.45) is 0 Å². The number of Topliss-reactive ketones (excluding diaryl/α,β-unsaturated/α-hetero) is 1. The molecule has 1 amide bonds. The van der Waals surface area contributed by atoms with Crippen molar-refractivity contribution in [3.63, 3.8) is 0 Å². The number of nitrogens with zero attached hydrogens (tertiary/aromatic N) is 1. The molecule has 5 heteroatoms. The molecule has 0 spiro atoms. The largest absolute Gasteiger partial charge is 0.394 e. The monoisotopic (exact) mass is 249 g/mol. The van der Waals surface area contributed by atoms with E-state index >= 15 is 0 Å². The highest BCUT2D eigenvalue weighted by Gasteiger charge is 2.29. The minimum atomic E-state index is -0.366. The van der Waals surface area contributed by atoms with Crippen molar-refractivity contribution in [2.45, 2.75) is 13.0 Å². The van der Waals surface area contributed by atoms with Gasteiger partial charge in [-0.3, -0.25) is 9.59 Å². The number of hydrogen-bond acceptors (Lipinski definition) is 4. The molecule has 1 aliphatic heterocycles. The normalized spacial score (nSPS) is 20.0. The Hall–Kier alpha value is -1.72. The van der Waals surface area contributed by atoms with Crippen molar-refractivity contribution in [1.29, 1.82) is 0 Å². The Morgan fingerprint density at radius 2 is 2.11 bits per heavy atom. The van der Waals surface area contributed by atoms with Crippen LogP contribution < -0.4 is 4.90 Å². The van der Waals surface area contributed by atoms with Crippen LogP contribution in [0.4, 0.5) is 5.69 Å². The lowest BCUT2D eigenvalue weighted by atomic mass is 10.1. The number of carbonyl (C=O) groups is 2. The number of rotatable bonds is 3. The number of hydrogen-bond donors (Lipinski definition) is 1. The van der Waals surface area contributed by atoms with E-state index in [1.54, 1.807) is 24.3 Å². The minimum Gasteiger partial charge on any atom is -0.394 e. The average Bonchev–Trinajstić information content (AvgIpc) is 2.38. The van der Waals surface area contributed by atoms with Crippen LogP contribution in [0.5, 0.6) is 0 Å². The van der Waals surface area contributed by atoms with E-state index in [1.807, 2.05) is 0 Å². The van der Waals surface area contributed by atoms with Gasteiger partial charge in [-0.05, 0) is 31.2 Å². The van der Waals surface area contributed by atoms with E-state index in [2.05, 4.69) is 0 Å². The van der Waals surface area contributed by atoms with E-state index in [0.29, 0.717) is 17.9 Å². The predicted molar refractivity (Wildman–Crippen MR) is 65.6 cm³/mol. The molecule has 1 aromatic carbocycles. The van der Waals surface area contributed by atoms with Crippen molar-refractivity contribution in [3.8, 4) is 0 Å². The molecule has 96 valence electrons. The van der Waals surface area contributed by atoms with Crippen LogP contribution in [0.15, 0.2) is 24.3 Å². The van der Waals surface area contributed by atoms with Crippen LogP contribution in [0.2, 0.25) is 0 Å². The van der Waals surface area contributed by atoms with Crippen molar-refractivity contribution < 1.29 is 19.4 Å². The highest BCUT2D eigenvalue weighted by atomic mass is 16.5. The second-order valence-corrected chi connectivity index (χ2v) is 4.22. The third kappa shape index (κ3) is 2.42. The number of amides is 1. The summed E-state index contributed by atoms with van der Waals surface area (Å²) in [5.74, 6) is -0.204. The van der Waals surface area contributed by atoms with Crippen LogP contribution in [0.25, 0.3) is 0 Å². The lowest BCUT2D eigenvalue weighted by Gasteiger charge is -2.34. The Morgan fingerprint density at radius 3 is 2.67 bits per heavy atom. The second-order valence-electron chi connectivity index (χ2n) is 4.22. The molecule has 1 N–H and O–H groups in total. The van der Waals surface area contributed by atoms with Crippen molar-refractivity contribution >= 4 is 17.4 Å². The van der Waals surface area contributed by atoms with Crippen molar-refractivity contribution in [1.82, 2.24) is 0 Å². The Balaban J connectivity index is 2.27. The fourth-order valence-corrected chi connectivity index (χ4v) is 1.98. The number of aliphatic hydroxyl groups excluding tert-OH is 1. The summed E-state index contributed by atoms with van der Waals surface area (Å²) in [6.07, 6.45) is 0. The first-order chi connectivity index (χ1) is 8.63. The molecule has 5 nitrogen and oxygen atoms in total. The van der Waals surface area contributed by atoms with E-state index in [1.165, 1.54) is 11.8 Å². The van der Waals surface area contributed by atoms with Crippen LogP contribution in [0.1, 0.15) is 17.3 Å². The highest BCUT2D eigenvalue weighted by Crippen LogP contribution is 2.21. The van der Waals surface area contributed by atoms with Crippen molar-refractivity contribution in [2.75, 3.05) is 24.7 Å². The van der Waals surface area contributed by atoms with Gasteiger partial charge >= 0.3 is 0 Å². The summed E-state index contributed by atoms with van der Waals surface area (Å²) in [6, 6.07) is 6.41. The summed E-state index contributed by atoms with van der Waals surface area (Å²) in [4.78, 5) is 24.5. The lowest BCUT2D eigenvalue weighted by molar-refractivity contribution is -0.128. The highest BCUT2D eigenvalue weighted by molar-refractivity contribution is 5.97. The molecule has 2 rings (SSSR count). The molecule has 0 aromatic heterocycles. The molecule has 0 aliphatic carbocycles. The standard InChI is InChI=1S/C13H15NO4/c1-9(16)10-2-4-11(5-3-10)14-12(6-15)7-18-8-13(14)17/h2-5,12,15H,6-8H2,1H3. The first kappa shape index (κ1) is 12.7. The zero-order valence-electron chi connectivity index (χ0n) is 10.1. The van der Waals surface area contributed by atoms with Gasteiger partial charge in [-0.25, -0.2) is 0 Å². The topological polar surface area (TPSA) is 66.8 Å². The number of anilines is 1. The van der Waals surface area contributed by atoms with Gasteiger partial charge in [-0.1, -0.05) is 0 Å². The molecule has 1 heterocycles. The first-order valence-electron chi connectivity index (χ1n) is 5.75. The summed E-state index contributed by atoms with van der Waals surface area (Å²) in [7, 11) is 0. The summed E-state index contributed by atoms with van der Waals surface area (Å²) in [6.45, 7) is 1.67. The number of carbonyl (C=O) groups excluding carboxylic acids is 2. The van der Waals surface area contributed by atoms with Crippen LogP contribution in [0, 0.1) is 0 Å². The molecule has 1 unspecified atom stereocenters. The van der Waals surface area contributed by atoms with Gasteiger partial charge in [-0.15, -0.1) is 0 Å². The van der Waals surface area contributed by atoms with E-state index < -0.39 is 0 Å². The maximum absolute atomic E-state index is 11.8. The molecule has 1 aromatic rings. The van der Waals surface area contributed by atoms with Crippen LogP contribution in [0.3, 0.4) is 0 Å². The van der Waals surface area contributed by atoms with Crippen LogP contribution >= 0.6 is 0 Å². The van der Waals surface area contributed by atoms with E-state index in [4.69, 9.17) is 4.74 Å². The van der Waals surface area contributed by atoms with Gasteiger partial charge in [0, 0.05) is 11.3 Å². The molecule has 18 heavy (non-hydrogen) atoms. The van der Waals surface area contributed by atoms with Crippen LogP contribution in [-0.2, 0) is 9.53 Å².